The monoisotopic (exact) mass is 252 g/mol. The highest BCUT2D eigenvalue weighted by Gasteiger charge is 2.39. The molecule has 1 heterocycles. The zero-order valence-corrected chi connectivity index (χ0v) is 12.7. The van der Waals surface area contributed by atoms with Gasteiger partial charge >= 0.3 is 0 Å². The van der Waals surface area contributed by atoms with Gasteiger partial charge in [0.25, 0.3) is 0 Å². The van der Waals surface area contributed by atoms with Gasteiger partial charge in [-0.2, -0.15) is 0 Å². The Kier molecular flexibility index (Phi) is 5.08. The van der Waals surface area contributed by atoms with Gasteiger partial charge in [-0.25, -0.2) is 0 Å². The molecule has 0 aromatic heterocycles. The highest BCUT2D eigenvalue weighted by molar-refractivity contribution is 5.00. The Labute approximate surface area is 114 Å². The van der Waals surface area contributed by atoms with Crippen LogP contribution < -0.4 is 5.32 Å². The molecule has 0 amide bonds. The van der Waals surface area contributed by atoms with Crippen molar-refractivity contribution in [3.05, 3.63) is 0 Å². The van der Waals surface area contributed by atoms with Crippen LogP contribution in [0.15, 0.2) is 0 Å². The minimum Gasteiger partial charge on any atom is -0.308 e. The Hall–Kier alpha value is -0.0800. The predicted octanol–water partition coefficient (Wildman–Crippen LogP) is 3.42. The molecular weight excluding hydrogens is 220 g/mol. The van der Waals surface area contributed by atoms with Crippen LogP contribution in [0.3, 0.4) is 0 Å². The first kappa shape index (κ1) is 14.3. The van der Waals surface area contributed by atoms with Crippen LogP contribution in [-0.4, -0.2) is 36.1 Å². The van der Waals surface area contributed by atoms with Crippen molar-refractivity contribution in [2.45, 2.75) is 77.3 Å². The number of piperazine rings is 1. The molecule has 1 N–H and O–H groups in total. The standard InChI is InChI=1S/C16H32N2/c1-14(2)8-4-7-11-18-13-16(9-5-6-10-16)17-12-15(18)3/h14-15,17H,4-13H2,1-3H3. The van der Waals surface area contributed by atoms with Crippen LogP contribution in [0.4, 0.5) is 0 Å². The lowest BCUT2D eigenvalue weighted by molar-refractivity contribution is 0.0872. The van der Waals surface area contributed by atoms with Crippen LogP contribution in [0.5, 0.6) is 0 Å². The van der Waals surface area contributed by atoms with Crippen LogP contribution in [0.25, 0.3) is 0 Å². The lowest BCUT2D eigenvalue weighted by Crippen LogP contribution is -2.62. The van der Waals surface area contributed by atoms with Crippen molar-refractivity contribution in [3.63, 3.8) is 0 Å². The number of nitrogens with zero attached hydrogens (tertiary/aromatic N) is 1. The zero-order valence-electron chi connectivity index (χ0n) is 12.7. The molecule has 0 bridgehead atoms. The molecule has 2 nitrogen and oxygen atoms in total. The molecule has 2 aliphatic rings. The summed E-state index contributed by atoms with van der Waals surface area (Å²) in [6.07, 6.45) is 9.86. The molecule has 106 valence electrons. The average Bonchev–Trinajstić information content (AvgIpc) is 2.77. The molecule has 0 aromatic carbocycles. The van der Waals surface area contributed by atoms with Crippen LogP contribution in [0.2, 0.25) is 0 Å². The van der Waals surface area contributed by atoms with Crippen LogP contribution >= 0.6 is 0 Å². The van der Waals surface area contributed by atoms with E-state index in [1.807, 2.05) is 0 Å². The first-order valence-corrected chi connectivity index (χ1v) is 8.10. The third kappa shape index (κ3) is 3.71. The Morgan fingerprint density at radius 1 is 1.22 bits per heavy atom. The number of hydrogen-bond acceptors (Lipinski definition) is 2. The van der Waals surface area contributed by atoms with E-state index < -0.39 is 0 Å². The Morgan fingerprint density at radius 2 is 1.94 bits per heavy atom. The van der Waals surface area contributed by atoms with E-state index in [0.717, 1.165) is 12.0 Å². The number of rotatable bonds is 5. The van der Waals surface area contributed by atoms with E-state index in [1.54, 1.807) is 0 Å². The van der Waals surface area contributed by atoms with Gasteiger partial charge in [-0.3, -0.25) is 4.90 Å². The quantitative estimate of drug-likeness (QED) is 0.754. The van der Waals surface area contributed by atoms with E-state index in [2.05, 4.69) is 31.0 Å². The molecule has 0 radical (unpaired) electrons. The average molecular weight is 252 g/mol. The molecule has 1 aliphatic carbocycles. The lowest BCUT2D eigenvalue weighted by Gasteiger charge is -2.45. The lowest BCUT2D eigenvalue weighted by atomic mass is 9.92. The number of nitrogens with one attached hydrogen (secondary N) is 1. The van der Waals surface area contributed by atoms with E-state index in [1.165, 1.54) is 64.6 Å². The fraction of sp³-hybridized carbons (Fsp3) is 1.00. The second-order valence-corrected chi connectivity index (χ2v) is 7.08. The molecule has 18 heavy (non-hydrogen) atoms. The van der Waals surface area contributed by atoms with Crippen LogP contribution in [0, 0.1) is 5.92 Å². The third-order valence-corrected chi connectivity index (χ3v) is 4.94. The van der Waals surface area contributed by atoms with Gasteiger partial charge in [0.2, 0.25) is 0 Å². The highest BCUT2D eigenvalue weighted by atomic mass is 15.2. The maximum absolute atomic E-state index is 3.84. The Bertz CT molecular complexity index is 243. The third-order valence-electron chi connectivity index (χ3n) is 4.94. The molecule has 1 spiro atoms. The summed E-state index contributed by atoms with van der Waals surface area (Å²) >= 11 is 0. The molecule has 1 unspecified atom stereocenters. The summed E-state index contributed by atoms with van der Waals surface area (Å²) in [5.74, 6) is 0.867. The summed E-state index contributed by atoms with van der Waals surface area (Å²) < 4.78 is 0. The minimum atomic E-state index is 0.491. The maximum Gasteiger partial charge on any atom is 0.0309 e. The molecule has 2 rings (SSSR count). The van der Waals surface area contributed by atoms with Gasteiger partial charge in [-0.1, -0.05) is 39.5 Å². The fourth-order valence-electron chi connectivity index (χ4n) is 3.65. The second-order valence-electron chi connectivity index (χ2n) is 7.08. The molecule has 1 atom stereocenters. The van der Waals surface area contributed by atoms with Gasteiger partial charge < -0.3 is 5.32 Å². The normalized spacial score (nSPS) is 28.3. The van der Waals surface area contributed by atoms with Gasteiger partial charge in [0.15, 0.2) is 0 Å². The van der Waals surface area contributed by atoms with Gasteiger partial charge in [0.05, 0.1) is 0 Å². The summed E-state index contributed by atoms with van der Waals surface area (Å²) in [4.78, 5) is 2.75. The summed E-state index contributed by atoms with van der Waals surface area (Å²) in [7, 11) is 0. The highest BCUT2D eigenvalue weighted by Crippen LogP contribution is 2.33. The van der Waals surface area contributed by atoms with E-state index in [-0.39, 0.29) is 0 Å². The van der Waals surface area contributed by atoms with E-state index >= 15 is 0 Å². The van der Waals surface area contributed by atoms with Crippen molar-refractivity contribution < 1.29 is 0 Å². The van der Waals surface area contributed by atoms with E-state index in [0.29, 0.717) is 5.54 Å². The first-order valence-electron chi connectivity index (χ1n) is 8.10. The molecule has 1 saturated carbocycles. The smallest absolute Gasteiger partial charge is 0.0309 e. The van der Waals surface area contributed by atoms with Crippen molar-refractivity contribution in [2.24, 2.45) is 5.92 Å². The SMILES string of the molecule is CC(C)CCCCN1CC2(CCCC2)NCC1C. The Morgan fingerprint density at radius 3 is 2.61 bits per heavy atom. The maximum atomic E-state index is 3.84. The summed E-state index contributed by atoms with van der Waals surface area (Å²) in [5.41, 5.74) is 0.491. The van der Waals surface area contributed by atoms with Crippen LogP contribution in [-0.2, 0) is 0 Å². The van der Waals surface area contributed by atoms with Gasteiger partial charge in [0, 0.05) is 24.7 Å². The second kappa shape index (κ2) is 6.38. The zero-order chi connectivity index (χ0) is 13.0. The number of hydrogen-bond donors (Lipinski definition) is 1. The molecule has 1 saturated heterocycles. The van der Waals surface area contributed by atoms with Crippen LogP contribution in [0.1, 0.15) is 65.7 Å². The Balaban J connectivity index is 1.75. The summed E-state index contributed by atoms with van der Waals surface area (Å²) in [6, 6.07) is 0.732. The van der Waals surface area contributed by atoms with E-state index in [9.17, 15) is 0 Å². The van der Waals surface area contributed by atoms with Gasteiger partial charge in [0.1, 0.15) is 0 Å². The van der Waals surface area contributed by atoms with Crippen molar-refractivity contribution in [2.75, 3.05) is 19.6 Å². The van der Waals surface area contributed by atoms with Gasteiger partial charge in [-0.05, 0) is 38.6 Å². The molecule has 2 heteroatoms. The van der Waals surface area contributed by atoms with Crippen molar-refractivity contribution in [1.29, 1.82) is 0 Å². The fourth-order valence-corrected chi connectivity index (χ4v) is 3.65. The van der Waals surface area contributed by atoms with Crippen molar-refractivity contribution in [3.8, 4) is 0 Å². The summed E-state index contributed by atoms with van der Waals surface area (Å²) in [6.45, 7) is 10.9. The van der Waals surface area contributed by atoms with E-state index in [4.69, 9.17) is 0 Å². The number of unbranched alkanes of at least 4 members (excludes halogenated alkanes) is 1. The molecular formula is C16H32N2. The van der Waals surface area contributed by atoms with Crippen molar-refractivity contribution in [1.82, 2.24) is 10.2 Å². The van der Waals surface area contributed by atoms with Crippen molar-refractivity contribution >= 4 is 0 Å². The molecule has 1 aliphatic heterocycles. The largest absolute Gasteiger partial charge is 0.308 e. The summed E-state index contributed by atoms with van der Waals surface area (Å²) in [5, 5.41) is 3.84. The van der Waals surface area contributed by atoms with Gasteiger partial charge in [-0.15, -0.1) is 0 Å². The minimum absolute atomic E-state index is 0.491. The topological polar surface area (TPSA) is 15.3 Å². The first-order chi connectivity index (χ1) is 8.61. The molecule has 2 fully saturated rings. The molecule has 0 aromatic rings. The predicted molar refractivity (Wildman–Crippen MR) is 78.9 cm³/mol.